The molecule has 1 aromatic heterocycles. The smallest absolute Gasteiger partial charge is 0.220 e. The predicted molar refractivity (Wildman–Crippen MR) is 74.4 cm³/mol. The van der Waals surface area contributed by atoms with E-state index in [2.05, 4.69) is 10.5 Å². The zero-order valence-corrected chi connectivity index (χ0v) is 11.7. The SMILES string of the molecule is COc1ccc(CCC(=O)NCc2cc(C)on2)cc1. The third kappa shape index (κ3) is 4.12. The first-order valence-electron chi connectivity index (χ1n) is 6.49. The van der Waals surface area contributed by atoms with E-state index in [1.165, 1.54) is 0 Å². The molecule has 1 N–H and O–H groups in total. The minimum absolute atomic E-state index is 0.00136. The number of rotatable bonds is 6. The third-order valence-corrected chi connectivity index (χ3v) is 2.94. The van der Waals surface area contributed by atoms with Gasteiger partial charge in [0, 0.05) is 12.5 Å². The lowest BCUT2D eigenvalue weighted by atomic mass is 10.1. The summed E-state index contributed by atoms with van der Waals surface area (Å²) in [6, 6.07) is 9.53. The molecule has 0 saturated carbocycles. The number of nitrogens with one attached hydrogen (secondary N) is 1. The number of carbonyl (C=O) groups excluding carboxylic acids is 1. The molecule has 0 fully saturated rings. The molecule has 20 heavy (non-hydrogen) atoms. The number of carbonyl (C=O) groups is 1. The van der Waals surface area contributed by atoms with Gasteiger partial charge in [0.05, 0.1) is 13.7 Å². The van der Waals surface area contributed by atoms with Gasteiger partial charge in [-0.2, -0.15) is 0 Å². The van der Waals surface area contributed by atoms with E-state index in [-0.39, 0.29) is 5.91 Å². The average molecular weight is 274 g/mol. The van der Waals surface area contributed by atoms with Gasteiger partial charge in [-0.15, -0.1) is 0 Å². The second-order valence-corrected chi connectivity index (χ2v) is 4.55. The van der Waals surface area contributed by atoms with E-state index in [0.29, 0.717) is 19.4 Å². The van der Waals surface area contributed by atoms with Crippen LogP contribution in [-0.2, 0) is 17.8 Å². The van der Waals surface area contributed by atoms with E-state index < -0.39 is 0 Å². The highest BCUT2D eigenvalue weighted by atomic mass is 16.5. The van der Waals surface area contributed by atoms with Crippen LogP contribution in [0.3, 0.4) is 0 Å². The minimum Gasteiger partial charge on any atom is -0.497 e. The first-order chi connectivity index (χ1) is 9.67. The predicted octanol–water partition coefficient (Wildman–Crippen LogP) is 2.24. The van der Waals surface area contributed by atoms with Crippen molar-refractivity contribution in [1.29, 1.82) is 0 Å². The molecule has 1 amide bonds. The second kappa shape index (κ2) is 6.75. The fraction of sp³-hybridized carbons (Fsp3) is 0.333. The number of amides is 1. The Morgan fingerprint density at radius 3 is 2.70 bits per heavy atom. The Labute approximate surface area is 117 Å². The molecule has 5 nitrogen and oxygen atoms in total. The van der Waals surface area contributed by atoms with Gasteiger partial charge < -0.3 is 14.6 Å². The first kappa shape index (κ1) is 14.1. The molecule has 106 valence electrons. The van der Waals surface area contributed by atoms with Crippen molar-refractivity contribution in [3.05, 3.63) is 47.3 Å². The van der Waals surface area contributed by atoms with Gasteiger partial charge in [-0.1, -0.05) is 17.3 Å². The Morgan fingerprint density at radius 1 is 1.35 bits per heavy atom. The monoisotopic (exact) mass is 274 g/mol. The lowest BCUT2D eigenvalue weighted by Gasteiger charge is -2.04. The van der Waals surface area contributed by atoms with Gasteiger partial charge in [0.1, 0.15) is 17.2 Å². The Hall–Kier alpha value is -2.30. The molecule has 0 spiro atoms. The summed E-state index contributed by atoms with van der Waals surface area (Å²) >= 11 is 0. The number of hydrogen-bond acceptors (Lipinski definition) is 4. The molecular weight excluding hydrogens is 256 g/mol. The maximum absolute atomic E-state index is 11.7. The largest absolute Gasteiger partial charge is 0.497 e. The Morgan fingerprint density at radius 2 is 2.10 bits per heavy atom. The molecular formula is C15H18N2O3. The van der Waals surface area contributed by atoms with E-state index in [1.54, 1.807) is 7.11 Å². The number of benzene rings is 1. The highest BCUT2D eigenvalue weighted by molar-refractivity contribution is 5.76. The van der Waals surface area contributed by atoms with Crippen molar-refractivity contribution in [2.45, 2.75) is 26.3 Å². The van der Waals surface area contributed by atoms with Gasteiger partial charge in [-0.05, 0) is 31.0 Å². The number of ether oxygens (including phenoxy) is 1. The maximum Gasteiger partial charge on any atom is 0.220 e. The summed E-state index contributed by atoms with van der Waals surface area (Å²) in [5, 5.41) is 6.64. The number of methoxy groups -OCH3 is 1. The highest BCUT2D eigenvalue weighted by Gasteiger charge is 2.05. The van der Waals surface area contributed by atoms with Crippen LogP contribution in [0.2, 0.25) is 0 Å². The van der Waals surface area contributed by atoms with E-state index >= 15 is 0 Å². The maximum atomic E-state index is 11.7. The Bertz CT molecular complexity index is 561. The summed E-state index contributed by atoms with van der Waals surface area (Å²) in [5.74, 6) is 1.56. The molecule has 0 unspecified atom stereocenters. The van der Waals surface area contributed by atoms with Crippen molar-refractivity contribution >= 4 is 5.91 Å². The Balaban J connectivity index is 1.74. The van der Waals surface area contributed by atoms with Crippen molar-refractivity contribution < 1.29 is 14.1 Å². The second-order valence-electron chi connectivity index (χ2n) is 4.55. The van der Waals surface area contributed by atoms with E-state index in [0.717, 1.165) is 22.8 Å². The van der Waals surface area contributed by atoms with Crippen LogP contribution in [0.5, 0.6) is 5.75 Å². The van der Waals surface area contributed by atoms with Crippen LogP contribution in [0.1, 0.15) is 23.4 Å². The van der Waals surface area contributed by atoms with E-state index in [4.69, 9.17) is 9.26 Å². The van der Waals surface area contributed by atoms with Crippen LogP contribution in [0, 0.1) is 6.92 Å². The standard InChI is InChI=1S/C15H18N2O3/c1-11-9-13(17-20-11)10-16-15(18)8-5-12-3-6-14(19-2)7-4-12/h3-4,6-7,9H,5,8,10H2,1-2H3,(H,16,18). The topological polar surface area (TPSA) is 64.4 Å². The highest BCUT2D eigenvalue weighted by Crippen LogP contribution is 2.12. The molecule has 2 rings (SSSR count). The van der Waals surface area contributed by atoms with Gasteiger partial charge in [0.25, 0.3) is 0 Å². The van der Waals surface area contributed by atoms with Crippen molar-refractivity contribution in [2.75, 3.05) is 7.11 Å². The third-order valence-electron chi connectivity index (χ3n) is 2.94. The number of aryl methyl sites for hydroxylation is 2. The van der Waals surface area contributed by atoms with Crippen LogP contribution < -0.4 is 10.1 Å². The molecule has 0 bridgehead atoms. The zero-order chi connectivity index (χ0) is 14.4. The molecule has 0 aliphatic heterocycles. The van der Waals surface area contributed by atoms with Crippen LogP contribution in [0.15, 0.2) is 34.9 Å². The number of aromatic nitrogens is 1. The van der Waals surface area contributed by atoms with Crippen LogP contribution in [-0.4, -0.2) is 18.2 Å². The van der Waals surface area contributed by atoms with E-state index in [9.17, 15) is 4.79 Å². The van der Waals surface area contributed by atoms with Crippen molar-refractivity contribution in [1.82, 2.24) is 10.5 Å². The van der Waals surface area contributed by atoms with Crippen molar-refractivity contribution in [2.24, 2.45) is 0 Å². The fourth-order valence-corrected chi connectivity index (χ4v) is 1.83. The normalized spacial score (nSPS) is 10.3. The molecule has 2 aromatic rings. The summed E-state index contributed by atoms with van der Waals surface area (Å²) in [7, 11) is 1.63. The molecule has 5 heteroatoms. The molecule has 0 atom stereocenters. The van der Waals surface area contributed by atoms with Gasteiger partial charge in [-0.25, -0.2) is 0 Å². The van der Waals surface area contributed by atoms with Gasteiger partial charge in [0.2, 0.25) is 5.91 Å². The summed E-state index contributed by atoms with van der Waals surface area (Å²) in [6.07, 6.45) is 1.15. The van der Waals surface area contributed by atoms with Gasteiger partial charge in [0.15, 0.2) is 0 Å². The van der Waals surface area contributed by atoms with Gasteiger partial charge in [-0.3, -0.25) is 4.79 Å². The van der Waals surface area contributed by atoms with Crippen LogP contribution in [0.4, 0.5) is 0 Å². The lowest BCUT2D eigenvalue weighted by Crippen LogP contribution is -2.23. The minimum atomic E-state index is 0.00136. The average Bonchev–Trinajstić information content (AvgIpc) is 2.89. The first-order valence-corrected chi connectivity index (χ1v) is 6.49. The zero-order valence-electron chi connectivity index (χ0n) is 11.7. The summed E-state index contributed by atoms with van der Waals surface area (Å²) in [4.78, 5) is 11.7. The quantitative estimate of drug-likeness (QED) is 0.877. The summed E-state index contributed by atoms with van der Waals surface area (Å²) in [6.45, 7) is 2.22. The number of nitrogens with zero attached hydrogens (tertiary/aromatic N) is 1. The molecule has 0 aliphatic carbocycles. The van der Waals surface area contributed by atoms with Crippen molar-refractivity contribution in [3.63, 3.8) is 0 Å². The van der Waals surface area contributed by atoms with Crippen LogP contribution in [0.25, 0.3) is 0 Å². The van der Waals surface area contributed by atoms with Gasteiger partial charge >= 0.3 is 0 Å². The van der Waals surface area contributed by atoms with Crippen LogP contribution >= 0.6 is 0 Å². The Kier molecular flexibility index (Phi) is 4.76. The number of hydrogen-bond donors (Lipinski definition) is 1. The molecule has 0 radical (unpaired) electrons. The fourth-order valence-electron chi connectivity index (χ4n) is 1.83. The molecule has 0 aliphatic rings. The lowest BCUT2D eigenvalue weighted by molar-refractivity contribution is -0.121. The molecule has 0 saturated heterocycles. The molecule has 1 heterocycles. The summed E-state index contributed by atoms with van der Waals surface area (Å²) < 4.78 is 10.0. The van der Waals surface area contributed by atoms with Crippen molar-refractivity contribution in [3.8, 4) is 5.75 Å². The van der Waals surface area contributed by atoms with E-state index in [1.807, 2.05) is 37.3 Å². The molecule has 1 aromatic carbocycles. The summed E-state index contributed by atoms with van der Waals surface area (Å²) in [5.41, 5.74) is 1.85.